The summed E-state index contributed by atoms with van der Waals surface area (Å²) in [6, 6.07) is 11.2. The van der Waals surface area contributed by atoms with E-state index in [1.807, 2.05) is 77.7 Å². The molecule has 2 aromatic carbocycles. The number of carbonyl (C=O) groups is 1. The van der Waals surface area contributed by atoms with Gasteiger partial charge in [0.1, 0.15) is 11.5 Å². The molecule has 1 atom stereocenters. The third kappa shape index (κ3) is 6.13. The van der Waals surface area contributed by atoms with Gasteiger partial charge in [0.15, 0.2) is 7.28 Å². The minimum absolute atomic E-state index is 0.0982. The smallest absolute Gasteiger partial charge is 0.335 e. The summed E-state index contributed by atoms with van der Waals surface area (Å²) in [5.41, 5.74) is 6.73. The lowest BCUT2D eigenvalue weighted by molar-refractivity contribution is 0.0698. The van der Waals surface area contributed by atoms with E-state index in [1.54, 1.807) is 18.2 Å². The summed E-state index contributed by atoms with van der Waals surface area (Å²) in [6.45, 7) is 14.2. The molecule has 0 aliphatic carbocycles. The number of nitrogens with one attached hydrogen (secondary N) is 1. The first-order chi connectivity index (χ1) is 16.7. The van der Waals surface area contributed by atoms with E-state index in [4.69, 9.17) is 4.74 Å². The number of ether oxygens (including phenoxy) is 1. The number of carboxylic acid groups (broad SMARTS) is 1. The SMILES string of the molecule is C=C/C=C(C)/C=C(\C=C/NC)C1=CC(=C)c2cc(C)cc(C(C)[B]c3ccccc3C(=O)O)c2O1. The van der Waals surface area contributed by atoms with E-state index >= 15 is 0 Å². The van der Waals surface area contributed by atoms with Crippen LogP contribution in [0.2, 0.25) is 0 Å². The summed E-state index contributed by atoms with van der Waals surface area (Å²) < 4.78 is 6.53. The predicted molar refractivity (Wildman–Crippen MR) is 146 cm³/mol. The Hall–Kier alpha value is -3.99. The molecule has 1 unspecified atom stereocenters. The average Bonchev–Trinajstić information content (AvgIpc) is 2.82. The molecule has 3 rings (SSSR count). The zero-order valence-electron chi connectivity index (χ0n) is 20.8. The van der Waals surface area contributed by atoms with Crippen molar-refractivity contribution in [2.24, 2.45) is 0 Å². The van der Waals surface area contributed by atoms with Gasteiger partial charge in [0.25, 0.3) is 0 Å². The fraction of sp³-hybridized carbons (Fsp3) is 0.167. The molecule has 1 aliphatic rings. The van der Waals surface area contributed by atoms with Gasteiger partial charge in [-0.15, -0.1) is 0 Å². The van der Waals surface area contributed by atoms with Crippen LogP contribution < -0.4 is 15.5 Å². The van der Waals surface area contributed by atoms with Crippen molar-refractivity contribution in [2.75, 3.05) is 7.05 Å². The third-order valence-corrected chi connectivity index (χ3v) is 5.71. The van der Waals surface area contributed by atoms with Crippen molar-refractivity contribution in [3.63, 3.8) is 0 Å². The fourth-order valence-corrected chi connectivity index (χ4v) is 4.06. The molecule has 2 aromatic rings. The highest BCUT2D eigenvalue weighted by Gasteiger charge is 2.25. The Morgan fingerprint density at radius 1 is 1.26 bits per heavy atom. The largest absolute Gasteiger partial charge is 0.478 e. The number of carboxylic acids is 1. The highest BCUT2D eigenvalue weighted by molar-refractivity contribution is 6.56. The van der Waals surface area contributed by atoms with E-state index in [9.17, 15) is 9.90 Å². The quantitative estimate of drug-likeness (QED) is 0.360. The van der Waals surface area contributed by atoms with Crippen LogP contribution in [0.5, 0.6) is 5.75 Å². The van der Waals surface area contributed by atoms with Gasteiger partial charge in [-0.1, -0.05) is 67.5 Å². The summed E-state index contributed by atoms with van der Waals surface area (Å²) in [5.74, 6) is 0.385. The van der Waals surface area contributed by atoms with Gasteiger partial charge in [-0.3, -0.25) is 0 Å². The number of allylic oxidation sites excluding steroid dienone is 7. The van der Waals surface area contributed by atoms with Gasteiger partial charge in [0.05, 0.1) is 5.56 Å². The van der Waals surface area contributed by atoms with Crippen molar-refractivity contribution in [3.05, 3.63) is 125 Å². The molecular formula is C30H31BNO3. The summed E-state index contributed by atoms with van der Waals surface area (Å²) >= 11 is 0. The van der Waals surface area contributed by atoms with Gasteiger partial charge >= 0.3 is 5.97 Å². The van der Waals surface area contributed by atoms with Crippen LogP contribution in [0.4, 0.5) is 0 Å². The number of rotatable bonds is 9. The lowest BCUT2D eigenvalue weighted by Crippen LogP contribution is -2.27. The van der Waals surface area contributed by atoms with Gasteiger partial charge in [0, 0.05) is 18.2 Å². The van der Waals surface area contributed by atoms with Crippen LogP contribution in [0.25, 0.3) is 5.57 Å². The van der Waals surface area contributed by atoms with Crippen molar-refractivity contribution in [2.45, 2.75) is 26.6 Å². The fourth-order valence-electron chi connectivity index (χ4n) is 4.06. The zero-order valence-corrected chi connectivity index (χ0v) is 20.8. The van der Waals surface area contributed by atoms with Crippen molar-refractivity contribution < 1.29 is 14.6 Å². The molecule has 0 saturated heterocycles. The van der Waals surface area contributed by atoms with Crippen molar-refractivity contribution in [1.82, 2.24) is 5.32 Å². The standard InChI is InChI=1S/C30H31BNO3/c1-7-10-19(2)15-23(13-14-32-6)28-18-21(4)25-16-20(3)17-26(29(25)35-28)22(5)31-27-12-9-8-11-24(27)30(33)34/h7-18,22,32H,1,4H2,2-3,5-6H3,(H,33,34)/b14-13-,19-10+,23-15+. The summed E-state index contributed by atoms with van der Waals surface area (Å²) in [6.07, 6.45) is 11.5. The second-order valence-corrected chi connectivity index (χ2v) is 8.58. The maximum Gasteiger partial charge on any atom is 0.335 e. The molecule has 0 fully saturated rings. The van der Waals surface area contributed by atoms with E-state index in [1.165, 1.54) is 0 Å². The summed E-state index contributed by atoms with van der Waals surface area (Å²) in [7, 11) is 3.81. The summed E-state index contributed by atoms with van der Waals surface area (Å²) in [4.78, 5) is 11.7. The first-order valence-electron chi connectivity index (χ1n) is 11.5. The number of fused-ring (bicyclic) bond motifs is 1. The molecule has 4 nitrogen and oxygen atoms in total. The Bertz CT molecular complexity index is 1280. The average molecular weight is 464 g/mol. The molecule has 0 spiro atoms. The predicted octanol–water partition coefficient (Wildman–Crippen LogP) is 5.87. The van der Waals surface area contributed by atoms with Gasteiger partial charge in [-0.25, -0.2) is 4.79 Å². The molecule has 1 radical (unpaired) electrons. The lowest BCUT2D eigenvalue weighted by atomic mass is 9.56. The molecule has 0 aromatic heterocycles. The van der Waals surface area contributed by atoms with Gasteiger partial charge in [0.2, 0.25) is 0 Å². The topological polar surface area (TPSA) is 58.6 Å². The lowest BCUT2D eigenvalue weighted by Gasteiger charge is -2.26. The number of aromatic carboxylic acids is 1. The first kappa shape index (κ1) is 25.6. The Morgan fingerprint density at radius 2 is 2.00 bits per heavy atom. The second-order valence-electron chi connectivity index (χ2n) is 8.58. The highest BCUT2D eigenvalue weighted by atomic mass is 16.5. The third-order valence-electron chi connectivity index (χ3n) is 5.71. The van der Waals surface area contributed by atoms with Gasteiger partial charge in [-0.05, 0) is 72.9 Å². The molecular weight excluding hydrogens is 433 g/mol. The monoisotopic (exact) mass is 464 g/mol. The van der Waals surface area contributed by atoms with Gasteiger partial charge in [-0.2, -0.15) is 0 Å². The molecule has 5 heteroatoms. The number of hydrogen-bond acceptors (Lipinski definition) is 3. The van der Waals surface area contributed by atoms with Crippen LogP contribution in [0.1, 0.15) is 46.7 Å². The van der Waals surface area contributed by atoms with Crippen molar-refractivity contribution in [1.29, 1.82) is 0 Å². The van der Waals surface area contributed by atoms with Crippen LogP contribution in [0.3, 0.4) is 0 Å². The number of hydrogen-bond donors (Lipinski definition) is 2. The Morgan fingerprint density at radius 3 is 2.69 bits per heavy atom. The van der Waals surface area contributed by atoms with Crippen LogP contribution in [0.15, 0.2) is 103 Å². The molecule has 0 amide bonds. The Balaban J connectivity index is 2.05. The first-order valence-corrected chi connectivity index (χ1v) is 11.5. The van der Waals surface area contributed by atoms with E-state index < -0.39 is 5.97 Å². The minimum Gasteiger partial charge on any atom is -0.478 e. The molecule has 2 N–H and O–H groups in total. The van der Waals surface area contributed by atoms with Crippen molar-refractivity contribution in [3.8, 4) is 5.75 Å². The second kappa shape index (κ2) is 11.4. The van der Waals surface area contributed by atoms with E-state index in [2.05, 4.69) is 30.6 Å². The Kier molecular flexibility index (Phi) is 8.37. The number of benzene rings is 2. The molecule has 1 aliphatic heterocycles. The zero-order chi connectivity index (χ0) is 25.5. The normalized spacial score (nSPS) is 14.6. The van der Waals surface area contributed by atoms with Crippen LogP contribution in [-0.2, 0) is 0 Å². The van der Waals surface area contributed by atoms with Crippen molar-refractivity contribution >= 4 is 24.3 Å². The molecule has 1 heterocycles. The summed E-state index contributed by atoms with van der Waals surface area (Å²) in [5, 5.41) is 12.6. The van der Waals surface area contributed by atoms with Crippen LogP contribution in [0, 0.1) is 6.92 Å². The highest BCUT2D eigenvalue weighted by Crippen LogP contribution is 2.41. The maximum absolute atomic E-state index is 11.7. The molecule has 177 valence electrons. The van der Waals surface area contributed by atoms with E-state index in [-0.39, 0.29) is 11.4 Å². The van der Waals surface area contributed by atoms with Gasteiger partial charge < -0.3 is 15.2 Å². The van der Waals surface area contributed by atoms with Crippen LogP contribution >= 0.6 is 0 Å². The van der Waals surface area contributed by atoms with E-state index in [0.29, 0.717) is 11.2 Å². The van der Waals surface area contributed by atoms with Crippen LogP contribution in [-0.4, -0.2) is 25.4 Å². The molecule has 35 heavy (non-hydrogen) atoms. The number of aryl methyl sites for hydroxylation is 1. The Labute approximate surface area is 209 Å². The molecule has 0 saturated carbocycles. The van der Waals surface area contributed by atoms with E-state index in [0.717, 1.165) is 39.2 Å². The molecule has 0 bridgehead atoms. The minimum atomic E-state index is -0.945. The maximum atomic E-state index is 11.7.